The van der Waals surface area contributed by atoms with Crippen molar-refractivity contribution in [2.75, 3.05) is 9.80 Å². The van der Waals surface area contributed by atoms with Crippen molar-refractivity contribution in [3.63, 3.8) is 0 Å². The van der Waals surface area contributed by atoms with Crippen LogP contribution in [0, 0.1) is 0 Å². The van der Waals surface area contributed by atoms with Gasteiger partial charge in [-0.3, -0.25) is 13.7 Å². The number of aromatic nitrogens is 5. The average Bonchev–Trinajstić information content (AvgIpc) is 4.37. The summed E-state index contributed by atoms with van der Waals surface area (Å²) in [4.78, 5) is 16.1. The van der Waals surface area contributed by atoms with E-state index in [2.05, 4.69) is 284 Å². The molecule has 366 valence electrons. The molecular weight excluding hydrogens is 955 g/mol. The molecule has 0 unspecified atom stereocenters. The molecule has 0 bridgehead atoms. The fourth-order valence-corrected chi connectivity index (χ4v) is 12.0. The first-order valence-electron chi connectivity index (χ1n) is 26.3. The van der Waals surface area contributed by atoms with Crippen LogP contribution in [0.3, 0.4) is 0 Å². The van der Waals surface area contributed by atoms with E-state index >= 15 is 0 Å². The minimum absolute atomic E-state index is 0.535. The van der Waals surface area contributed by atoms with Gasteiger partial charge in [0.15, 0.2) is 0 Å². The summed E-state index contributed by atoms with van der Waals surface area (Å²) < 4.78 is 13.4. The number of fused-ring (bicyclic) bond motifs is 12. The Hall–Kier alpha value is -10.7. The van der Waals surface area contributed by atoms with Crippen LogP contribution in [-0.2, 0) is 0 Å². The summed E-state index contributed by atoms with van der Waals surface area (Å²) in [5, 5.41) is 8.81. The van der Waals surface area contributed by atoms with E-state index in [1.165, 1.54) is 0 Å². The fourth-order valence-electron chi connectivity index (χ4n) is 12.0. The summed E-state index contributed by atoms with van der Waals surface area (Å²) in [5.74, 6) is 2.00. The minimum Gasteiger partial charge on any atom is -0.456 e. The molecule has 0 amide bonds. The normalized spacial score (nSPS) is 11.8. The van der Waals surface area contributed by atoms with Gasteiger partial charge in [-0.1, -0.05) is 146 Å². The lowest BCUT2D eigenvalue weighted by Gasteiger charge is -2.25. The van der Waals surface area contributed by atoms with Gasteiger partial charge in [0.05, 0.1) is 33.1 Å². The summed E-state index contributed by atoms with van der Waals surface area (Å²) in [7, 11) is 0. The van der Waals surface area contributed by atoms with Gasteiger partial charge in [-0.05, 0) is 115 Å². The van der Waals surface area contributed by atoms with Gasteiger partial charge in [-0.15, -0.1) is 0 Å². The second-order valence-electron chi connectivity index (χ2n) is 19.8. The molecular formula is C70H45N7O. The van der Waals surface area contributed by atoms with Crippen LogP contribution in [0.25, 0.3) is 105 Å². The molecule has 0 saturated heterocycles. The van der Waals surface area contributed by atoms with Crippen LogP contribution in [0.1, 0.15) is 0 Å². The Balaban J connectivity index is 0.975. The maximum Gasteiger partial charge on any atom is 0.238 e. The summed E-state index contributed by atoms with van der Waals surface area (Å²) >= 11 is 0. The molecule has 0 fully saturated rings. The van der Waals surface area contributed by atoms with Crippen molar-refractivity contribution in [2.24, 2.45) is 0 Å². The molecule has 0 saturated carbocycles. The molecule has 5 heterocycles. The summed E-state index contributed by atoms with van der Waals surface area (Å²) in [5.41, 5.74) is 14.1. The topological polar surface area (TPSA) is 60.2 Å². The molecule has 0 aliphatic carbocycles. The van der Waals surface area contributed by atoms with E-state index in [0.717, 1.165) is 133 Å². The Kier molecular flexibility index (Phi) is 9.77. The molecule has 5 aromatic heterocycles. The van der Waals surface area contributed by atoms with E-state index < -0.39 is 0 Å². The van der Waals surface area contributed by atoms with Gasteiger partial charge in [0.2, 0.25) is 5.95 Å². The second kappa shape index (κ2) is 17.4. The van der Waals surface area contributed by atoms with Crippen molar-refractivity contribution in [1.82, 2.24) is 23.7 Å². The number of anilines is 6. The molecule has 0 aliphatic heterocycles. The van der Waals surface area contributed by atoms with E-state index in [1.54, 1.807) is 0 Å². The van der Waals surface area contributed by atoms with E-state index in [-0.39, 0.29) is 0 Å². The largest absolute Gasteiger partial charge is 0.456 e. The zero-order valence-electron chi connectivity index (χ0n) is 42.0. The van der Waals surface area contributed by atoms with Crippen LogP contribution in [0.15, 0.2) is 277 Å². The highest BCUT2D eigenvalue weighted by molar-refractivity contribution is 6.18. The van der Waals surface area contributed by atoms with Gasteiger partial charge >= 0.3 is 0 Å². The minimum atomic E-state index is 0.535. The van der Waals surface area contributed by atoms with Crippen LogP contribution >= 0.6 is 0 Å². The van der Waals surface area contributed by atoms with Crippen molar-refractivity contribution >= 4 is 121 Å². The van der Waals surface area contributed by atoms with Crippen molar-refractivity contribution in [3.8, 4) is 17.6 Å². The lowest BCUT2D eigenvalue weighted by molar-refractivity contribution is 0.669. The van der Waals surface area contributed by atoms with Crippen molar-refractivity contribution < 1.29 is 4.42 Å². The predicted molar refractivity (Wildman–Crippen MR) is 322 cm³/mol. The standard InChI is InChI=1S/C70H45N7O/c1-5-21-46(22-6-1)73(47-23-7-2-8-24-47)50-37-39-63-56(41-50)52-29-13-17-33-60(52)75(63)68-45-69(72-70(71-68)77-62-35-19-15-31-54(62)58-43-59-55-32-16-20-36-66(55)78-67(59)44-65(58)77)76-61-34-18-14-30-53(61)57-42-51(38-40-64(57)76)74(48-25-9-3-10-26-48)49-27-11-4-12-28-49/h1-45H. The number of furan rings is 1. The summed E-state index contributed by atoms with van der Waals surface area (Å²) in [6, 6.07) is 96.7. The first kappa shape index (κ1) is 43.7. The lowest BCUT2D eigenvalue weighted by Crippen LogP contribution is -2.11. The molecule has 0 atom stereocenters. The van der Waals surface area contributed by atoms with Gasteiger partial charge in [-0.2, -0.15) is 9.97 Å². The molecule has 8 nitrogen and oxygen atoms in total. The lowest BCUT2D eigenvalue weighted by atomic mass is 10.1. The first-order valence-corrected chi connectivity index (χ1v) is 26.3. The van der Waals surface area contributed by atoms with E-state index in [0.29, 0.717) is 5.95 Å². The first-order chi connectivity index (χ1) is 38.7. The average molecular weight is 1000 g/mol. The van der Waals surface area contributed by atoms with Crippen molar-refractivity contribution in [2.45, 2.75) is 0 Å². The number of hydrogen-bond acceptors (Lipinski definition) is 5. The Bertz CT molecular complexity index is 4680. The smallest absolute Gasteiger partial charge is 0.238 e. The van der Waals surface area contributed by atoms with Crippen LogP contribution in [0.5, 0.6) is 0 Å². The van der Waals surface area contributed by atoms with Crippen LogP contribution in [0.2, 0.25) is 0 Å². The maximum atomic E-state index is 6.60. The predicted octanol–water partition coefficient (Wildman–Crippen LogP) is 18.6. The van der Waals surface area contributed by atoms with Crippen molar-refractivity contribution in [1.29, 1.82) is 0 Å². The van der Waals surface area contributed by atoms with Crippen molar-refractivity contribution in [3.05, 3.63) is 273 Å². The molecule has 0 N–H and O–H groups in total. The molecule has 0 spiro atoms. The molecule has 11 aromatic carbocycles. The SMILES string of the molecule is c1ccc(N(c2ccccc2)c2ccc3c(c2)c2ccccc2n3-c2cc(-n3c4ccccc4c4cc(N(c5ccccc5)c5ccccc5)ccc43)nc(-n3c4ccccc4c4cc5c(cc43)oc3ccccc35)n2)cc1. The quantitative estimate of drug-likeness (QED) is 0.144. The summed E-state index contributed by atoms with van der Waals surface area (Å²) in [6.07, 6.45) is 0. The van der Waals surface area contributed by atoms with Crippen LogP contribution in [-0.4, -0.2) is 23.7 Å². The highest BCUT2D eigenvalue weighted by atomic mass is 16.3. The fraction of sp³-hybridized carbons (Fsp3) is 0. The van der Waals surface area contributed by atoms with Crippen LogP contribution in [0.4, 0.5) is 34.1 Å². The Morgan fingerprint density at radius 2 is 0.615 bits per heavy atom. The number of para-hydroxylation sites is 8. The zero-order valence-corrected chi connectivity index (χ0v) is 42.0. The zero-order chi connectivity index (χ0) is 51.3. The van der Waals surface area contributed by atoms with E-state index in [9.17, 15) is 0 Å². The number of benzene rings is 11. The third-order valence-electron chi connectivity index (χ3n) is 15.4. The highest BCUT2D eigenvalue weighted by Gasteiger charge is 2.25. The number of hydrogen-bond donors (Lipinski definition) is 0. The monoisotopic (exact) mass is 999 g/mol. The number of nitrogens with zero attached hydrogens (tertiary/aromatic N) is 7. The van der Waals surface area contributed by atoms with Gasteiger partial charge < -0.3 is 14.2 Å². The van der Waals surface area contributed by atoms with Gasteiger partial charge in [0.1, 0.15) is 22.8 Å². The molecule has 16 rings (SSSR count). The third kappa shape index (κ3) is 6.80. The Labute approximate surface area is 447 Å². The molecule has 0 aliphatic rings. The van der Waals surface area contributed by atoms with E-state index in [1.807, 2.05) is 12.1 Å². The molecule has 8 heteroatoms. The number of rotatable bonds is 9. The molecule has 78 heavy (non-hydrogen) atoms. The Morgan fingerprint density at radius 3 is 1.08 bits per heavy atom. The molecule has 0 radical (unpaired) electrons. The maximum absolute atomic E-state index is 6.60. The summed E-state index contributed by atoms with van der Waals surface area (Å²) in [6.45, 7) is 0. The third-order valence-corrected chi connectivity index (χ3v) is 15.4. The van der Waals surface area contributed by atoms with Gasteiger partial charge in [0.25, 0.3) is 0 Å². The van der Waals surface area contributed by atoms with E-state index in [4.69, 9.17) is 14.4 Å². The Morgan fingerprint density at radius 1 is 0.244 bits per heavy atom. The highest BCUT2D eigenvalue weighted by Crippen LogP contribution is 2.44. The second-order valence-corrected chi connectivity index (χ2v) is 19.8. The van der Waals surface area contributed by atoms with Gasteiger partial charge in [-0.25, -0.2) is 0 Å². The van der Waals surface area contributed by atoms with Crippen LogP contribution < -0.4 is 9.80 Å². The molecule has 16 aromatic rings. The van der Waals surface area contributed by atoms with Gasteiger partial charge in [0, 0.05) is 89.3 Å².